The molecule has 0 saturated carbocycles. The first kappa shape index (κ1) is 25.1. The second kappa shape index (κ2) is 9.78. The van der Waals surface area contributed by atoms with E-state index in [1.54, 1.807) is 13.8 Å². The van der Waals surface area contributed by atoms with Crippen LogP contribution in [0, 0.1) is 5.41 Å². The molecule has 0 atom stereocenters. The van der Waals surface area contributed by atoms with Crippen molar-refractivity contribution in [2.45, 2.75) is 39.2 Å². The van der Waals surface area contributed by atoms with Gasteiger partial charge in [0.05, 0.1) is 28.6 Å². The maximum absolute atomic E-state index is 13.1. The molecular weight excluding hydrogens is 474 g/mol. The second-order valence-electron chi connectivity index (χ2n) is 8.74. The lowest BCUT2D eigenvalue weighted by molar-refractivity contribution is 0.0615. The number of aliphatic hydroxyl groups is 1. The number of aromatic nitrogens is 2. The summed E-state index contributed by atoms with van der Waals surface area (Å²) in [5.74, 6) is 0.261. The van der Waals surface area contributed by atoms with E-state index in [-0.39, 0.29) is 18.4 Å². The third-order valence-corrected chi connectivity index (χ3v) is 8.80. The van der Waals surface area contributed by atoms with Gasteiger partial charge in [-0.15, -0.1) is 11.3 Å². The molecule has 0 aromatic carbocycles. The number of nitrogens with zero attached hydrogens (tertiary/aromatic N) is 4. The van der Waals surface area contributed by atoms with Gasteiger partial charge in [0.25, 0.3) is 16.1 Å². The topological polar surface area (TPSA) is 108 Å². The third-order valence-electron chi connectivity index (χ3n) is 5.63. The largest absolute Gasteiger partial charge is 0.395 e. The van der Waals surface area contributed by atoms with Crippen LogP contribution in [0.3, 0.4) is 0 Å². The molecule has 9 nitrogen and oxygen atoms in total. The van der Waals surface area contributed by atoms with Crippen molar-refractivity contribution in [1.82, 2.24) is 18.4 Å². The molecule has 2 aromatic heterocycles. The normalized spacial score (nSPS) is 16.6. The molecule has 178 valence electrons. The van der Waals surface area contributed by atoms with Crippen LogP contribution in [-0.4, -0.2) is 71.6 Å². The van der Waals surface area contributed by atoms with Gasteiger partial charge in [-0.2, -0.15) is 26.8 Å². The molecule has 12 heteroatoms. The number of aliphatic hydroxyl groups excluding tert-OH is 1. The number of nitrogens with one attached hydrogen (secondary N) is 1. The van der Waals surface area contributed by atoms with Crippen molar-refractivity contribution in [3.8, 4) is 0 Å². The Morgan fingerprint density at radius 1 is 1.34 bits per heavy atom. The molecule has 1 saturated heterocycles. The maximum atomic E-state index is 13.1. The summed E-state index contributed by atoms with van der Waals surface area (Å²) in [6, 6.07) is 5.59. The van der Waals surface area contributed by atoms with Crippen LogP contribution >= 0.6 is 22.9 Å². The number of hydrogen-bond acceptors (Lipinski definition) is 7. The summed E-state index contributed by atoms with van der Waals surface area (Å²) in [6.07, 6.45) is 1.23. The average molecular weight is 504 g/mol. The molecule has 0 aliphatic carbocycles. The Morgan fingerprint density at radius 2 is 2.00 bits per heavy atom. The highest BCUT2D eigenvalue weighted by molar-refractivity contribution is 7.86. The summed E-state index contributed by atoms with van der Waals surface area (Å²) >= 11 is 7.47. The Labute approximate surface area is 198 Å². The van der Waals surface area contributed by atoms with E-state index >= 15 is 0 Å². The number of piperidine rings is 1. The van der Waals surface area contributed by atoms with Gasteiger partial charge in [0.2, 0.25) is 0 Å². The number of thiophene rings is 1. The Morgan fingerprint density at radius 3 is 2.53 bits per heavy atom. The zero-order chi connectivity index (χ0) is 23.7. The van der Waals surface area contributed by atoms with Crippen LogP contribution in [0.1, 0.15) is 48.0 Å². The molecule has 0 radical (unpaired) electrons. The van der Waals surface area contributed by atoms with Gasteiger partial charge in [0, 0.05) is 44.0 Å². The second-order valence-corrected chi connectivity index (χ2v) is 12.7. The minimum atomic E-state index is -3.44. The summed E-state index contributed by atoms with van der Waals surface area (Å²) < 4.78 is 29.5. The number of anilines is 1. The van der Waals surface area contributed by atoms with E-state index in [0.29, 0.717) is 42.6 Å². The number of hydrogen-bond donors (Lipinski definition) is 2. The third kappa shape index (κ3) is 5.35. The molecule has 0 unspecified atom stereocenters. The first-order valence-corrected chi connectivity index (χ1v) is 13.0. The molecule has 2 N–H and O–H groups in total. The van der Waals surface area contributed by atoms with Crippen LogP contribution in [0.25, 0.3) is 0 Å². The highest BCUT2D eigenvalue weighted by Crippen LogP contribution is 2.32. The Hall–Kier alpha value is -1.50. The molecule has 32 heavy (non-hydrogen) atoms. The van der Waals surface area contributed by atoms with Gasteiger partial charge in [-0.3, -0.25) is 4.79 Å². The molecule has 2 aromatic rings. The molecule has 1 aliphatic rings. The first-order chi connectivity index (χ1) is 15.0. The first-order valence-electron chi connectivity index (χ1n) is 10.4. The van der Waals surface area contributed by atoms with Gasteiger partial charge < -0.3 is 10.4 Å². The van der Waals surface area contributed by atoms with Crippen LogP contribution in [0.5, 0.6) is 0 Å². The number of carbonyl (C=O) groups excluding carboxylic acids is 1. The maximum Gasteiger partial charge on any atom is 0.281 e. The molecule has 3 heterocycles. The summed E-state index contributed by atoms with van der Waals surface area (Å²) in [6.45, 7) is 4.31. The van der Waals surface area contributed by atoms with Gasteiger partial charge >= 0.3 is 0 Å². The van der Waals surface area contributed by atoms with Crippen molar-refractivity contribution in [3.63, 3.8) is 0 Å². The minimum absolute atomic E-state index is 0.0339. The molecule has 1 aliphatic heterocycles. The average Bonchev–Trinajstić information content (AvgIpc) is 3.37. The van der Waals surface area contributed by atoms with E-state index in [1.165, 1.54) is 38.7 Å². The van der Waals surface area contributed by atoms with E-state index in [1.807, 2.05) is 18.2 Å². The summed E-state index contributed by atoms with van der Waals surface area (Å²) in [4.78, 5) is 14.1. The smallest absolute Gasteiger partial charge is 0.281 e. The van der Waals surface area contributed by atoms with Gasteiger partial charge in [-0.05, 0) is 38.8 Å². The highest BCUT2D eigenvalue weighted by Gasteiger charge is 2.34. The summed E-state index contributed by atoms with van der Waals surface area (Å²) in [5, 5.41) is 17.5. The van der Waals surface area contributed by atoms with Crippen LogP contribution in [0.2, 0.25) is 4.34 Å². The van der Waals surface area contributed by atoms with E-state index in [2.05, 4.69) is 10.4 Å². The van der Waals surface area contributed by atoms with Gasteiger partial charge in [-0.25, -0.2) is 0 Å². The molecular formula is C20H30ClN5O4S2. The van der Waals surface area contributed by atoms with E-state index in [4.69, 9.17) is 11.6 Å². The Bertz CT molecular complexity index is 1060. The van der Waals surface area contributed by atoms with Crippen molar-refractivity contribution in [1.29, 1.82) is 0 Å². The lowest BCUT2D eigenvalue weighted by Gasteiger charge is -2.32. The van der Waals surface area contributed by atoms with Crippen molar-refractivity contribution in [3.05, 3.63) is 33.1 Å². The van der Waals surface area contributed by atoms with Crippen LogP contribution < -0.4 is 5.32 Å². The van der Waals surface area contributed by atoms with E-state index in [0.717, 1.165) is 10.6 Å². The van der Waals surface area contributed by atoms with Crippen LogP contribution in [0.4, 0.5) is 5.82 Å². The zero-order valence-electron chi connectivity index (χ0n) is 18.7. The van der Waals surface area contributed by atoms with E-state index in [9.17, 15) is 18.3 Å². The molecule has 1 fully saturated rings. The Balaban J connectivity index is 1.81. The van der Waals surface area contributed by atoms with Crippen LogP contribution in [-0.2, 0) is 16.8 Å². The van der Waals surface area contributed by atoms with Crippen molar-refractivity contribution in [2.24, 2.45) is 5.41 Å². The molecule has 0 bridgehead atoms. The fourth-order valence-electron chi connectivity index (χ4n) is 3.47. The predicted octanol–water partition coefficient (Wildman–Crippen LogP) is 2.85. The lowest BCUT2D eigenvalue weighted by Crippen LogP contribution is -2.44. The van der Waals surface area contributed by atoms with Gasteiger partial charge in [-0.1, -0.05) is 11.6 Å². The fraction of sp³-hybridized carbons (Fsp3) is 0.600. The standard InChI is InChI=1S/C20H30ClN5O4S2/c1-20(2,13-27)19(28)26-18(22-12-15-5-6-17(21)31-15)11-16(23-26)14-7-9-25(10-8-14)32(29,30)24(3)4/h5-6,11,14,22,27H,7-10,12-13H2,1-4H3. The summed E-state index contributed by atoms with van der Waals surface area (Å²) in [7, 11) is -0.397. The monoisotopic (exact) mass is 503 g/mol. The summed E-state index contributed by atoms with van der Waals surface area (Å²) in [5.41, 5.74) is -0.254. The van der Waals surface area contributed by atoms with Crippen LogP contribution in [0.15, 0.2) is 18.2 Å². The molecule has 0 spiro atoms. The SMILES string of the molecule is CN(C)S(=O)(=O)N1CCC(c2cc(NCc3ccc(Cl)s3)n(C(=O)C(C)(C)CO)n2)CC1. The minimum Gasteiger partial charge on any atom is -0.395 e. The van der Waals surface area contributed by atoms with Crippen molar-refractivity contribution in [2.75, 3.05) is 39.1 Å². The van der Waals surface area contributed by atoms with Crippen molar-refractivity contribution < 1.29 is 18.3 Å². The van der Waals surface area contributed by atoms with Gasteiger partial charge in [0.1, 0.15) is 5.82 Å². The Kier molecular flexibility index (Phi) is 7.68. The molecule has 3 rings (SSSR count). The highest BCUT2D eigenvalue weighted by atomic mass is 35.5. The lowest BCUT2D eigenvalue weighted by atomic mass is 9.94. The molecule has 0 amide bonds. The zero-order valence-corrected chi connectivity index (χ0v) is 21.1. The number of carbonyl (C=O) groups is 1. The predicted molar refractivity (Wildman–Crippen MR) is 127 cm³/mol. The van der Waals surface area contributed by atoms with Crippen molar-refractivity contribution >= 4 is 44.9 Å². The fourth-order valence-corrected chi connectivity index (χ4v) is 5.63. The van der Waals surface area contributed by atoms with Gasteiger partial charge in [0.15, 0.2) is 0 Å². The van der Waals surface area contributed by atoms with E-state index < -0.39 is 15.6 Å². The number of halogens is 1. The quantitative estimate of drug-likeness (QED) is 0.573. The number of rotatable bonds is 8.